The number of aryl methyl sites for hydroxylation is 1. The number of rotatable bonds is 19. The van der Waals surface area contributed by atoms with Crippen molar-refractivity contribution in [1.82, 2.24) is 4.57 Å². The summed E-state index contributed by atoms with van der Waals surface area (Å²) in [5.41, 5.74) is 1.51. The largest absolute Gasteiger partial charge is 0.420 e. The molecule has 230 valence electrons. The van der Waals surface area contributed by atoms with E-state index >= 15 is 0 Å². The summed E-state index contributed by atoms with van der Waals surface area (Å²) in [4.78, 5) is 26.6. The van der Waals surface area contributed by atoms with Gasteiger partial charge in [0.25, 0.3) is 0 Å². The molecule has 0 fully saturated rings. The van der Waals surface area contributed by atoms with Crippen LogP contribution in [0.25, 0.3) is 22.2 Å². The van der Waals surface area contributed by atoms with Gasteiger partial charge in [0.2, 0.25) is 11.2 Å². The lowest BCUT2D eigenvalue weighted by atomic mass is 9.97. The molecule has 1 heterocycles. The molecule has 0 bridgehead atoms. The van der Waals surface area contributed by atoms with Crippen molar-refractivity contribution in [3.8, 4) is 17.0 Å². The quantitative estimate of drug-likeness (QED) is 0.106. The third-order valence-corrected chi connectivity index (χ3v) is 8.22. The molecule has 0 atom stereocenters. The maximum Gasteiger partial charge on any atom is 0.316 e. The van der Waals surface area contributed by atoms with Crippen LogP contribution in [0.4, 0.5) is 0 Å². The Balaban J connectivity index is 1.56. The molecule has 0 radical (unpaired) electrons. The van der Waals surface area contributed by atoms with Gasteiger partial charge in [0.1, 0.15) is 0 Å². The number of nitrogens with zero attached hydrogens (tertiary/aromatic N) is 1. The molecule has 0 amide bonds. The summed E-state index contributed by atoms with van der Waals surface area (Å²) < 4.78 is 8.10. The van der Waals surface area contributed by atoms with Crippen molar-refractivity contribution >= 4 is 16.9 Å². The molecular formula is C38H55NO3. The second kappa shape index (κ2) is 17.9. The van der Waals surface area contributed by atoms with E-state index in [0.717, 1.165) is 30.5 Å². The van der Waals surface area contributed by atoms with Gasteiger partial charge in [0, 0.05) is 17.5 Å². The minimum atomic E-state index is -0.718. The van der Waals surface area contributed by atoms with Gasteiger partial charge in [-0.05, 0) is 39.3 Å². The van der Waals surface area contributed by atoms with Gasteiger partial charge in [0.05, 0.1) is 16.6 Å². The Kier molecular flexibility index (Phi) is 14.4. The normalized spacial score (nSPS) is 11.7. The van der Waals surface area contributed by atoms with Crippen LogP contribution in [0.2, 0.25) is 0 Å². The van der Waals surface area contributed by atoms with Crippen LogP contribution in [-0.4, -0.2) is 10.5 Å². The minimum Gasteiger partial charge on any atom is -0.420 e. The number of fused-ring (bicyclic) bond motifs is 1. The summed E-state index contributed by atoms with van der Waals surface area (Å²) in [5, 5.41) is 0.588. The summed E-state index contributed by atoms with van der Waals surface area (Å²) in [7, 11) is 0. The maximum absolute atomic E-state index is 13.7. The van der Waals surface area contributed by atoms with Crippen molar-refractivity contribution in [3.63, 3.8) is 0 Å². The summed E-state index contributed by atoms with van der Waals surface area (Å²) in [6, 6.07) is 17.6. The zero-order valence-corrected chi connectivity index (χ0v) is 26.9. The van der Waals surface area contributed by atoms with Crippen LogP contribution < -0.4 is 10.2 Å². The zero-order chi connectivity index (χ0) is 30.2. The molecule has 3 rings (SSSR count). The Morgan fingerprint density at radius 1 is 0.667 bits per heavy atom. The second-order valence-electron chi connectivity index (χ2n) is 13.0. The Hall–Kier alpha value is -2.88. The number of carbonyl (C=O) groups is 1. The molecule has 2 aromatic carbocycles. The SMILES string of the molecule is CCCCCCCCCCCCCCCCCCn1c(-c2ccccc2)c(OC(=O)C(C)(C)C)c(=O)c2ccccc21. The van der Waals surface area contributed by atoms with Gasteiger partial charge >= 0.3 is 5.97 Å². The van der Waals surface area contributed by atoms with E-state index in [2.05, 4.69) is 11.5 Å². The van der Waals surface area contributed by atoms with Crippen LogP contribution >= 0.6 is 0 Å². The van der Waals surface area contributed by atoms with Crippen molar-refractivity contribution < 1.29 is 9.53 Å². The lowest BCUT2D eigenvalue weighted by molar-refractivity contribution is -0.143. The van der Waals surface area contributed by atoms with Crippen LogP contribution in [0.3, 0.4) is 0 Å². The number of esters is 1. The second-order valence-corrected chi connectivity index (χ2v) is 13.0. The topological polar surface area (TPSA) is 48.3 Å². The number of unbranched alkanes of at least 4 members (excludes halogenated alkanes) is 15. The van der Waals surface area contributed by atoms with E-state index in [1.165, 1.54) is 89.9 Å². The van der Waals surface area contributed by atoms with Gasteiger partial charge < -0.3 is 9.30 Å². The highest BCUT2D eigenvalue weighted by atomic mass is 16.5. The van der Waals surface area contributed by atoms with E-state index < -0.39 is 11.4 Å². The van der Waals surface area contributed by atoms with E-state index in [0.29, 0.717) is 11.1 Å². The fourth-order valence-corrected chi connectivity index (χ4v) is 5.65. The van der Waals surface area contributed by atoms with Gasteiger partial charge in [-0.1, -0.05) is 146 Å². The minimum absolute atomic E-state index is 0.135. The summed E-state index contributed by atoms with van der Waals surface area (Å²) in [6.45, 7) is 8.49. The van der Waals surface area contributed by atoms with Gasteiger partial charge in [-0.3, -0.25) is 9.59 Å². The van der Waals surface area contributed by atoms with Gasteiger partial charge in [-0.25, -0.2) is 0 Å². The molecule has 0 aliphatic heterocycles. The molecule has 0 aliphatic rings. The highest BCUT2D eigenvalue weighted by molar-refractivity contribution is 5.88. The van der Waals surface area contributed by atoms with Crippen LogP contribution in [0.5, 0.6) is 5.75 Å². The van der Waals surface area contributed by atoms with Crippen LogP contribution in [0.1, 0.15) is 130 Å². The zero-order valence-electron chi connectivity index (χ0n) is 26.9. The molecule has 3 aromatic rings. The van der Waals surface area contributed by atoms with E-state index in [1.54, 1.807) is 0 Å². The first-order valence-electron chi connectivity index (χ1n) is 16.8. The molecule has 0 saturated heterocycles. The molecule has 0 saturated carbocycles. The fraction of sp³-hybridized carbons (Fsp3) is 0.579. The van der Waals surface area contributed by atoms with Crippen LogP contribution in [0.15, 0.2) is 59.4 Å². The maximum atomic E-state index is 13.7. The number of pyridine rings is 1. The van der Waals surface area contributed by atoms with Gasteiger partial charge in [-0.2, -0.15) is 0 Å². The number of para-hydroxylation sites is 1. The molecule has 0 unspecified atom stereocenters. The Morgan fingerprint density at radius 3 is 1.67 bits per heavy atom. The Morgan fingerprint density at radius 2 is 1.14 bits per heavy atom. The number of hydrogen-bond acceptors (Lipinski definition) is 3. The van der Waals surface area contributed by atoms with Gasteiger partial charge in [0.15, 0.2) is 0 Å². The summed E-state index contributed by atoms with van der Waals surface area (Å²) in [5.74, 6) is -0.266. The number of ether oxygens (including phenoxy) is 1. The molecule has 0 N–H and O–H groups in total. The van der Waals surface area contributed by atoms with E-state index in [9.17, 15) is 9.59 Å². The molecular weight excluding hydrogens is 518 g/mol. The molecule has 1 aromatic heterocycles. The summed E-state index contributed by atoms with van der Waals surface area (Å²) in [6.07, 6.45) is 21.3. The third kappa shape index (κ3) is 10.4. The van der Waals surface area contributed by atoms with Crippen molar-refractivity contribution in [1.29, 1.82) is 0 Å². The Bertz CT molecular complexity index is 1270. The van der Waals surface area contributed by atoms with Gasteiger partial charge in [-0.15, -0.1) is 0 Å². The van der Waals surface area contributed by atoms with E-state index in [-0.39, 0.29) is 11.2 Å². The molecule has 4 nitrogen and oxygen atoms in total. The first-order chi connectivity index (χ1) is 20.3. The summed E-state index contributed by atoms with van der Waals surface area (Å²) >= 11 is 0. The van der Waals surface area contributed by atoms with Crippen molar-refractivity contribution in [2.45, 2.75) is 137 Å². The number of aromatic nitrogens is 1. The first kappa shape index (κ1) is 33.6. The van der Waals surface area contributed by atoms with E-state index in [1.807, 2.05) is 75.4 Å². The van der Waals surface area contributed by atoms with Crippen molar-refractivity contribution in [3.05, 3.63) is 64.8 Å². The lowest BCUT2D eigenvalue weighted by Crippen LogP contribution is -2.29. The van der Waals surface area contributed by atoms with Crippen LogP contribution in [0, 0.1) is 5.41 Å². The van der Waals surface area contributed by atoms with Crippen molar-refractivity contribution in [2.24, 2.45) is 5.41 Å². The fourth-order valence-electron chi connectivity index (χ4n) is 5.65. The third-order valence-electron chi connectivity index (χ3n) is 8.22. The number of carbonyl (C=O) groups excluding carboxylic acids is 1. The lowest BCUT2D eigenvalue weighted by Gasteiger charge is -2.23. The molecule has 4 heteroatoms. The number of benzene rings is 2. The molecule has 0 aliphatic carbocycles. The van der Waals surface area contributed by atoms with Crippen molar-refractivity contribution in [2.75, 3.05) is 0 Å². The highest BCUT2D eigenvalue weighted by Gasteiger charge is 2.28. The Labute approximate surface area is 254 Å². The molecule has 0 spiro atoms. The monoisotopic (exact) mass is 573 g/mol. The highest BCUT2D eigenvalue weighted by Crippen LogP contribution is 2.33. The van der Waals surface area contributed by atoms with E-state index in [4.69, 9.17) is 4.74 Å². The number of hydrogen-bond donors (Lipinski definition) is 0. The average Bonchev–Trinajstić information content (AvgIpc) is 2.98. The standard InChI is InChI=1S/C38H55NO3/c1-5-6-7-8-9-10-11-12-13-14-15-16-17-18-19-25-30-39-33-29-24-23-28-32(33)35(40)36(42-37(41)38(2,3)4)34(39)31-26-21-20-22-27-31/h20-24,26-29H,5-19,25,30H2,1-4H3. The first-order valence-corrected chi connectivity index (χ1v) is 16.8. The molecule has 42 heavy (non-hydrogen) atoms. The average molecular weight is 574 g/mol. The van der Waals surface area contributed by atoms with Crippen LogP contribution in [-0.2, 0) is 11.3 Å². The smallest absolute Gasteiger partial charge is 0.316 e. The predicted octanol–water partition coefficient (Wildman–Crippen LogP) is 10.9. The predicted molar refractivity (Wildman–Crippen MR) is 178 cm³/mol.